The third-order valence-electron chi connectivity index (χ3n) is 3.96. The Morgan fingerprint density at radius 2 is 0.714 bits per heavy atom. The van der Waals surface area contributed by atoms with Crippen LogP contribution < -0.4 is 0 Å². The van der Waals surface area contributed by atoms with Gasteiger partial charge in [-0.1, -0.05) is 94.8 Å². The highest BCUT2D eigenvalue weighted by molar-refractivity contribution is 9.10. The summed E-state index contributed by atoms with van der Waals surface area (Å²) < 4.78 is 1.13. The zero-order valence-corrected chi connectivity index (χ0v) is 22.3. The highest BCUT2D eigenvalue weighted by atomic mass is 79.9. The molecule has 0 N–H and O–H groups in total. The van der Waals surface area contributed by atoms with E-state index in [1.54, 1.807) is 0 Å². The van der Waals surface area contributed by atoms with Crippen molar-refractivity contribution in [2.45, 2.75) is 0 Å². The summed E-state index contributed by atoms with van der Waals surface area (Å²) in [6.45, 7) is 0. The predicted octanol–water partition coefficient (Wildman–Crippen LogP) is 8.14. The average Bonchev–Trinajstić information content (AvgIpc) is 2.85. The Bertz CT molecular complexity index is 1240. The Labute approximate surface area is 230 Å². The normalized spacial score (nSPS) is 9.86. The van der Waals surface area contributed by atoms with Crippen molar-refractivity contribution in [1.82, 2.24) is 29.9 Å². The van der Waals surface area contributed by atoms with Crippen LogP contribution in [0.5, 0.6) is 0 Å². The molecule has 6 nitrogen and oxygen atoms in total. The summed E-state index contributed by atoms with van der Waals surface area (Å²) in [6, 6.07) is 29.4. The fraction of sp³-hybridized carbons (Fsp3) is 0. The molecular weight excluding hydrogens is 594 g/mol. The highest BCUT2D eigenvalue weighted by Crippen LogP contribution is 2.21. The number of rotatable bonds is 2. The molecule has 0 bridgehead atoms. The van der Waals surface area contributed by atoms with Gasteiger partial charge in [0.25, 0.3) is 0 Å². The molecule has 5 aromatic rings. The first kappa shape index (κ1) is 26.9. The fourth-order valence-corrected chi connectivity index (χ4v) is 3.58. The monoisotopic (exact) mass is 606 g/mol. The van der Waals surface area contributed by atoms with Crippen LogP contribution in [-0.4, -0.2) is 29.9 Å². The Morgan fingerprint density at radius 1 is 0.400 bits per heavy atom. The van der Waals surface area contributed by atoms with Crippen molar-refractivity contribution >= 4 is 62.3 Å². The average molecular weight is 609 g/mol. The van der Waals surface area contributed by atoms with Gasteiger partial charge in [0.2, 0.25) is 21.1 Å². The van der Waals surface area contributed by atoms with Gasteiger partial charge in [0.15, 0.2) is 11.6 Å². The quantitative estimate of drug-likeness (QED) is 0.201. The molecule has 0 saturated heterocycles. The molecule has 0 aliphatic carbocycles. The summed E-state index contributed by atoms with van der Waals surface area (Å²) in [4.78, 5) is 23.2. The predicted molar refractivity (Wildman–Crippen MR) is 145 cm³/mol. The van der Waals surface area contributed by atoms with Gasteiger partial charge in [0, 0.05) is 15.6 Å². The lowest BCUT2D eigenvalue weighted by Gasteiger charge is -2.04. The summed E-state index contributed by atoms with van der Waals surface area (Å²) >= 11 is 25.3. The van der Waals surface area contributed by atoms with Gasteiger partial charge in [-0.15, -0.1) is 0 Å². The van der Waals surface area contributed by atoms with Gasteiger partial charge in [-0.05, 0) is 58.5 Å². The fourth-order valence-electron chi connectivity index (χ4n) is 2.50. The maximum Gasteiger partial charge on any atom is 0.227 e. The lowest BCUT2D eigenvalue weighted by Crippen LogP contribution is -1.96. The molecule has 0 aliphatic rings. The smallest absolute Gasteiger partial charge is 0.208 e. The van der Waals surface area contributed by atoms with E-state index >= 15 is 0 Å². The summed E-state index contributed by atoms with van der Waals surface area (Å²) in [6.07, 6.45) is 0. The van der Waals surface area contributed by atoms with Gasteiger partial charge >= 0.3 is 0 Å². The van der Waals surface area contributed by atoms with E-state index in [2.05, 4.69) is 45.8 Å². The Morgan fingerprint density at radius 3 is 1.03 bits per heavy atom. The standard InChI is InChI=1S/C15H10ClN3.C6H5Br.C3Cl3N3/c16-15-18-13(11-7-3-1-4-8-11)17-14(19-15)12-9-5-2-6-10-12;7-6-4-2-1-3-5-6;4-1-7-2(5)9-3(6)8-1/h1-10H;1-5H;. The minimum absolute atomic E-state index is 0.000000000000000444. The van der Waals surface area contributed by atoms with Crippen molar-refractivity contribution in [3.05, 3.63) is 117 Å². The summed E-state index contributed by atoms with van der Waals surface area (Å²) in [5.41, 5.74) is 1.84. The molecule has 0 aliphatic heterocycles. The van der Waals surface area contributed by atoms with Crippen LogP contribution in [0.25, 0.3) is 22.8 Å². The van der Waals surface area contributed by atoms with E-state index in [-0.39, 0.29) is 21.1 Å². The number of nitrogens with zero attached hydrogens (tertiary/aromatic N) is 6. The van der Waals surface area contributed by atoms with Gasteiger partial charge in [-0.25, -0.2) is 4.98 Å². The molecule has 5 rings (SSSR count). The minimum atomic E-state index is 0.000000000000000444. The van der Waals surface area contributed by atoms with Gasteiger partial charge in [0.05, 0.1) is 0 Å². The van der Waals surface area contributed by atoms with Crippen molar-refractivity contribution in [3.63, 3.8) is 0 Å². The Kier molecular flexibility index (Phi) is 10.8. The third kappa shape index (κ3) is 9.47. The van der Waals surface area contributed by atoms with Crippen LogP contribution in [-0.2, 0) is 0 Å². The maximum absolute atomic E-state index is 5.99. The van der Waals surface area contributed by atoms with Crippen LogP contribution in [0.15, 0.2) is 95.5 Å². The molecule has 0 unspecified atom stereocenters. The van der Waals surface area contributed by atoms with Crippen LogP contribution in [0.4, 0.5) is 0 Å². The summed E-state index contributed by atoms with van der Waals surface area (Å²) in [5.74, 6) is 1.17. The summed E-state index contributed by atoms with van der Waals surface area (Å²) in [7, 11) is 0. The molecule has 0 fully saturated rings. The molecule has 0 amide bonds. The molecule has 0 atom stereocenters. The van der Waals surface area contributed by atoms with Crippen molar-refractivity contribution in [1.29, 1.82) is 0 Å². The SMILES string of the molecule is Brc1ccccc1.Clc1nc(-c2ccccc2)nc(-c2ccccc2)n1.Clc1nc(Cl)nc(Cl)n1. The largest absolute Gasteiger partial charge is 0.227 e. The highest BCUT2D eigenvalue weighted by Gasteiger charge is 2.08. The lowest BCUT2D eigenvalue weighted by molar-refractivity contribution is 1.05. The molecule has 0 radical (unpaired) electrons. The van der Waals surface area contributed by atoms with Crippen molar-refractivity contribution in [3.8, 4) is 22.8 Å². The lowest BCUT2D eigenvalue weighted by atomic mass is 10.2. The summed E-state index contributed by atoms with van der Waals surface area (Å²) in [5, 5.41) is 0.202. The second-order valence-corrected chi connectivity index (χ2v) is 8.69. The first-order valence-electron chi connectivity index (χ1n) is 9.86. The zero-order valence-electron chi connectivity index (χ0n) is 17.7. The molecule has 0 spiro atoms. The molecule has 3 aromatic carbocycles. The van der Waals surface area contributed by atoms with Gasteiger partial charge in [-0.3, -0.25) is 0 Å². The second kappa shape index (κ2) is 14.0. The van der Waals surface area contributed by atoms with Crippen molar-refractivity contribution in [2.75, 3.05) is 0 Å². The first-order chi connectivity index (χ1) is 16.9. The number of hydrogen-bond donors (Lipinski definition) is 0. The van der Waals surface area contributed by atoms with Gasteiger partial charge in [-0.2, -0.15) is 24.9 Å². The Balaban J connectivity index is 0.000000177. The van der Waals surface area contributed by atoms with Crippen LogP contribution >= 0.6 is 62.3 Å². The molecule has 2 aromatic heterocycles. The molecular formula is C24H15BrCl4N6. The second-order valence-electron chi connectivity index (χ2n) is 6.42. The number of hydrogen-bond acceptors (Lipinski definition) is 6. The zero-order chi connectivity index (χ0) is 25.0. The molecule has 11 heteroatoms. The van der Waals surface area contributed by atoms with Crippen LogP contribution in [0.2, 0.25) is 21.1 Å². The van der Waals surface area contributed by atoms with Crippen molar-refractivity contribution < 1.29 is 0 Å². The Hall–Kier alpha value is -2.68. The van der Waals surface area contributed by atoms with E-state index in [1.807, 2.05) is 91.0 Å². The molecule has 35 heavy (non-hydrogen) atoms. The molecule has 176 valence electrons. The van der Waals surface area contributed by atoms with E-state index in [9.17, 15) is 0 Å². The maximum atomic E-state index is 5.99. The first-order valence-corrected chi connectivity index (χ1v) is 12.2. The number of halogens is 5. The van der Waals surface area contributed by atoms with E-state index in [0.29, 0.717) is 11.6 Å². The topological polar surface area (TPSA) is 77.3 Å². The van der Waals surface area contributed by atoms with E-state index in [4.69, 9.17) is 46.4 Å². The van der Waals surface area contributed by atoms with E-state index < -0.39 is 0 Å². The van der Waals surface area contributed by atoms with Gasteiger partial charge in [0.1, 0.15) is 0 Å². The van der Waals surface area contributed by atoms with Crippen LogP contribution in [0, 0.1) is 0 Å². The van der Waals surface area contributed by atoms with Crippen LogP contribution in [0.1, 0.15) is 0 Å². The van der Waals surface area contributed by atoms with E-state index in [0.717, 1.165) is 15.6 Å². The minimum Gasteiger partial charge on any atom is -0.208 e. The number of aromatic nitrogens is 6. The third-order valence-corrected chi connectivity index (χ3v) is 5.16. The van der Waals surface area contributed by atoms with Gasteiger partial charge < -0.3 is 0 Å². The number of benzene rings is 3. The van der Waals surface area contributed by atoms with Crippen molar-refractivity contribution in [2.24, 2.45) is 0 Å². The molecule has 2 heterocycles. The van der Waals surface area contributed by atoms with E-state index in [1.165, 1.54) is 0 Å². The van der Waals surface area contributed by atoms with Crippen LogP contribution in [0.3, 0.4) is 0 Å². The molecule has 0 saturated carbocycles.